The van der Waals surface area contributed by atoms with E-state index in [0.29, 0.717) is 29.8 Å². The lowest BCUT2D eigenvalue weighted by atomic mass is 9.86. The lowest BCUT2D eigenvalue weighted by Crippen LogP contribution is -2.48. The molecule has 35 heavy (non-hydrogen) atoms. The highest BCUT2D eigenvalue weighted by atomic mass is 19.4. The molecule has 3 aromatic rings. The van der Waals surface area contributed by atoms with E-state index >= 15 is 0 Å². The minimum Gasteiger partial charge on any atom is -0.348 e. The minimum absolute atomic E-state index is 0.00633. The number of aromatic nitrogens is 2. The Balaban J connectivity index is 1.65. The Hall–Kier alpha value is -3.07. The van der Waals surface area contributed by atoms with E-state index in [2.05, 4.69) is 15.6 Å². The van der Waals surface area contributed by atoms with Gasteiger partial charge in [0.2, 0.25) is 0 Å². The number of hydrogen-bond donors (Lipinski definition) is 3. The summed E-state index contributed by atoms with van der Waals surface area (Å²) < 4.78 is 42.1. The number of benzene rings is 1. The number of halogens is 3. The molecule has 1 fully saturated rings. The van der Waals surface area contributed by atoms with Crippen LogP contribution in [0.25, 0.3) is 10.9 Å². The van der Waals surface area contributed by atoms with Crippen molar-refractivity contribution >= 4 is 16.8 Å². The van der Waals surface area contributed by atoms with Gasteiger partial charge in [0.1, 0.15) is 6.04 Å². The second kappa shape index (κ2) is 9.53. The molecular formula is C26H31F3N4O2. The zero-order chi connectivity index (χ0) is 25.5. The summed E-state index contributed by atoms with van der Waals surface area (Å²) >= 11 is 0. The Morgan fingerprint density at radius 3 is 2.63 bits per heavy atom. The van der Waals surface area contributed by atoms with Crippen LogP contribution in [0.2, 0.25) is 0 Å². The molecule has 1 aliphatic heterocycles. The molecule has 0 bridgehead atoms. The molecule has 6 nitrogen and oxygen atoms in total. The minimum atomic E-state index is -4.29. The first-order valence-corrected chi connectivity index (χ1v) is 11.9. The van der Waals surface area contributed by atoms with E-state index in [1.54, 1.807) is 6.92 Å². The van der Waals surface area contributed by atoms with E-state index < -0.39 is 12.2 Å². The van der Waals surface area contributed by atoms with Gasteiger partial charge >= 0.3 is 6.18 Å². The molecule has 3 N–H and O–H groups in total. The number of carbonyl (C=O) groups is 1. The standard InChI is InChI=1S/C26H31F3N4O2/c1-14-11-15(2)32-24(34)20(14)13-31-25(35)23-17(4)33(21-8-6-5-7-19(21)23)16(3)18-9-10-30-22(12-18)26(27,28)29/h5-8,11,16,18,22,30H,9-10,12-13H2,1-4H3,(H,31,35)(H,32,34). The van der Waals surface area contributed by atoms with Crippen LogP contribution in [-0.2, 0) is 6.54 Å². The van der Waals surface area contributed by atoms with Crippen LogP contribution in [-0.4, -0.2) is 34.2 Å². The molecule has 3 atom stereocenters. The van der Waals surface area contributed by atoms with Crippen molar-refractivity contribution in [2.45, 2.75) is 65.3 Å². The summed E-state index contributed by atoms with van der Waals surface area (Å²) in [7, 11) is 0. The molecule has 0 radical (unpaired) electrons. The highest BCUT2D eigenvalue weighted by molar-refractivity contribution is 6.08. The second-order valence-electron chi connectivity index (χ2n) is 9.55. The van der Waals surface area contributed by atoms with Gasteiger partial charge in [0.15, 0.2) is 0 Å². The van der Waals surface area contributed by atoms with Crippen LogP contribution >= 0.6 is 0 Å². The van der Waals surface area contributed by atoms with Gasteiger partial charge in [-0.05, 0) is 70.7 Å². The summed E-state index contributed by atoms with van der Waals surface area (Å²) in [5.74, 6) is -0.510. The molecule has 4 rings (SSSR count). The monoisotopic (exact) mass is 488 g/mol. The number of nitrogens with zero attached hydrogens (tertiary/aromatic N) is 1. The van der Waals surface area contributed by atoms with E-state index in [4.69, 9.17) is 0 Å². The summed E-state index contributed by atoms with van der Waals surface area (Å²) in [6, 6.07) is 7.56. The van der Waals surface area contributed by atoms with Gasteiger partial charge in [0.25, 0.3) is 11.5 Å². The average Bonchev–Trinajstić information content (AvgIpc) is 3.09. The van der Waals surface area contributed by atoms with Crippen molar-refractivity contribution in [3.8, 4) is 0 Å². The van der Waals surface area contributed by atoms with Gasteiger partial charge in [-0.15, -0.1) is 0 Å². The number of aromatic amines is 1. The SMILES string of the molecule is Cc1cc(C)c(CNC(=O)c2c(C)n(C(C)C3CCNC(C(F)(F)F)C3)c3ccccc23)c(=O)[nH]1. The number of aryl methyl sites for hydroxylation is 2. The van der Waals surface area contributed by atoms with E-state index in [1.807, 2.05) is 55.7 Å². The molecule has 188 valence electrons. The fourth-order valence-electron chi connectivity index (χ4n) is 5.41. The first kappa shape index (κ1) is 25.0. The zero-order valence-electron chi connectivity index (χ0n) is 20.3. The van der Waals surface area contributed by atoms with E-state index in [0.717, 1.165) is 22.2 Å². The number of H-pyrrole nitrogens is 1. The van der Waals surface area contributed by atoms with E-state index in [9.17, 15) is 22.8 Å². The van der Waals surface area contributed by atoms with Gasteiger partial charge in [0, 0.05) is 40.4 Å². The molecule has 0 saturated carbocycles. The Bertz CT molecular complexity index is 1310. The van der Waals surface area contributed by atoms with Gasteiger partial charge in [-0.1, -0.05) is 18.2 Å². The third-order valence-electron chi connectivity index (χ3n) is 7.23. The van der Waals surface area contributed by atoms with Crippen molar-refractivity contribution < 1.29 is 18.0 Å². The first-order chi connectivity index (χ1) is 16.5. The predicted molar refractivity (Wildman–Crippen MR) is 130 cm³/mol. The molecule has 2 aromatic heterocycles. The third kappa shape index (κ3) is 4.87. The lowest BCUT2D eigenvalue weighted by molar-refractivity contribution is -0.164. The lowest BCUT2D eigenvalue weighted by Gasteiger charge is -2.36. The molecule has 0 aliphatic carbocycles. The number of hydrogen-bond acceptors (Lipinski definition) is 3. The number of fused-ring (bicyclic) bond motifs is 1. The summed E-state index contributed by atoms with van der Waals surface area (Å²) in [5, 5.41) is 6.21. The van der Waals surface area contributed by atoms with E-state index in [-0.39, 0.29) is 36.4 Å². The number of nitrogens with one attached hydrogen (secondary N) is 3. The first-order valence-electron chi connectivity index (χ1n) is 11.9. The molecule has 1 amide bonds. The van der Waals surface area contributed by atoms with Crippen molar-refractivity contribution in [2.24, 2.45) is 5.92 Å². The molecule has 3 heterocycles. The Morgan fingerprint density at radius 1 is 1.23 bits per heavy atom. The van der Waals surface area contributed by atoms with Gasteiger partial charge < -0.3 is 20.2 Å². The summed E-state index contributed by atoms with van der Waals surface area (Å²) in [6.07, 6.45) is -3.67. The van der Waals surface area contributed by atoms with Crippen LogP contribution in [0.4, 0.5) is 13.2 Å². The number of piperidine rings is 1. The number of para-hydroxylation sites is 1. The highest BCUT2D eigenvalue weighted by Gasteiger charge is 2.43. The maximum Gasteiger partial charge on any atom is 0.403 e. The number of rotatable bonds is 5. The van der Waals surface area contributed by atoms with Crippen LogP contribution in [0.15, 0.2) is 35.1 Å². The number of pyridine rings is 1. The molecule has 3 unspecified atom stereocenters. The van der Waals surface area contributed by atoms with Crippen LogP contribution in [0.1, 0.15) is 58.7 Å². The summed E-state index contributed by atoms with van der Waals surface area (Å²) in [6.45, 7) is 7.77. The van der Waals surface area contributed by atoms with Gasteiger partial charge in [-0.2, -0.15) is 13.2 Å². The largest absolute Gasteiger partial charge is 0.403 e. The van der Waals surface area contributed by atoms with Crippen LogP contribution in [0.3, 0.4) is 0 Å². The fraction of sp³-hybridized carbons (Fsp3) is 0.462. The van der Waals surface area contributed by atoms with Crippen LogP contribution in [0, 0.1) is 26.7 Å². The predicted octanol–water partition coefficient (Wildman–Crippen LogP) is 4.68. The maximum absolute atomic E-state index is 13.4. The van der Waals surface area contributed by atoms with Gasteiger partial charge in [-0.3, -0.25) is 9.59 Å². The fourth-order valence-corrected chi connectivity index (χ4v) is 5.41. The number of alkyl halides is 3. The molecule has 0 spiro atoms. The van der Waals surface area contributed by atoms with Gasteiger partial charge in [-0.25, -0.2) is 0 Å². The topological polar surface area (TPSA) is 78.9 Å². The Kier molecular flexibility index (Phi) is 6.81. The van der Waals surface area contributed by atoms with Crippen LogP contribution < -0.4 is 16.2 Å². The number of carbonyl (C=O) groups excluding carboxylic acids is 1. The smallest absolute Gasteiger partial charge is 0.348 e. The summed E-state index contributed by atoms with van der Waals surface area (Å²) in [5.41, 5.74) is 3.80. The summed E-state index contributed by atoms with van der Waals surface area (Å²) in [4.78, 5) is 28.5. The quantitative estimate of drug-likeness (QED) is 0.488. The molecule has 9 heteroatoms. The molecule has 1 saturated heterocycles. The third-order valence-corrected chi connectivity index (χ3v) is 7.23. The van der Waals surface area contributed by atoms with Crippen molar-refractivity contribution in [1.29, 1.82) is 0 Å². The molecule has 1 aromatic carbocycles. The molecular weight excluding hydrogens is 457 g/mol. The number of amides is 1. The van der Waals surface area contributed by atoms with Gasteiger partial charge in [0.05, 0.1) is 5.56 Å². The van der Waals surface area contributed by atoms with Crippen LogP contribution in [0.5, 0.6) is 0 Å². The van der Waals surface area contributed by atoms with Crippen molar-refractivity contribution in [2.75, 3.05) is 6.54 Å². The van der Waals surface area contributed by atoms with Crippen molar-refractivity contribution in [3.63, 3.8) is 0 Å². The van der Waals surface area contributed by atoms with Crippen molar-refractivity contribution in [3.05, 3.63) is 68.8 Å². The van der Waals surface area contributed by atoms with Crippen molar-refractivity contribution in [1.82, 2.24) is 20.2 Å². The Morgan fingerprint density at radius 2 is 1.94 bits per heavy atom. The second-order valence-corrected chi connectivity index (χ2v) is 9.55. The highest BCUT2D eigenvalue weighted by Crippen LogP contribution is 2.38. The maximum atomic E-state index is 13.4. The average molecular weight is 489 g/mol. The molecule has 1 aliphatic rings. The zero-order valence-corrected chi connectivity index (χ0v) is 20.3. The normalized spacial score (nSPS) is 19.6. The Labute approximate surface area is 201 Å². The van der Waals surface area contributed by atoms with E-state index in [1.165, 1.54) is 0 Å².